The number of halogens is 3. The topological polar surface area (TPSA) is 49.9 Å². The Morgan fingerprint density at radius 3 is 2.87 bits per heavy atom. The fraction of sp³-hybridized carbons (Fsp3) is 0.438. The Bertz CT molecular complexity index is 648. The number of ether oxygens (including phenoxy) is 1. The number of hydrogen-bond acceptors (Lipinski definition) is 3. The van der Waals surface area contributed by atoms with Crippen LogP contribution in [0.1, 0.15) is 29.3 Å². The number of aromatic nitrogens is 2. The molecule has 2 aromatic rings. The van der Waals surface area contributed by atoms with Crippen molar-refractivity contribution in [3.8, 4) is 5.75 Å². The fourth-order valence-corrected chi connectivity index (χ4v) is 2.66. The van der Waals surface area contributed by atoms with E-state index in [9.17, 15) is 13.2 Å². The van der Waals surface area contributed by atoms with Gasteiger partial charge >= 0.3 is 6.18 Å². The molecule has 1 aromatic carbocycles. The largest absolute Gasteiger partial charge is 0.493 e. The van der Waals surface area contributed by atoms with Crippen LogP contribution in [0.2, 0.25) is 0 Å². The number of nitrogens with one attached hydrogen (secondary N) is 2. The highest BCUT2D eigenvalue weighted by Crippen LogP contribution is 2.31. The van der Waals surface area contributed by atoms with Crippen LogP contribution < -0.4 is 10.1 Å². The summed E-state index contributed by atoms with van der Waals surface area (Å²) in [5.41, 5.74) is 1.26. The van der Waals surface area contributed by atoms with E-state index in [0.717, 1.165) is 43.0 Å². The van der Waals surface area contributed by atoms with Gasteiger partial charge in [0.1, 0.15) is 5.75 Å². The summed E-state index contributed by atoms with van der Waals surface area (Å²) in [4.78, 5) is 0. The van der Waals surface area contributed by atoms with Gasteiger partial charge in [0, 0.05) is 24.6 Å². The third-order valence-corrected chi connectivity index (χ3v) is 3.93. The number of hydrogen-bond donors (Lipinski definition) is 2. The maximum Gasteiger partial charge on any atom is 0.416 e. The van der Waals surface area contributed by atoms with E-state index in [1.165, 1.54) is 12.1 Å². The molecule has 1 aliphatic rings. The van der Waals surface area contributed by atoms with Crippen LogP contribution in [0.4, 0.5) is 13.2 Å². The smallest absolute Gasteiger partial charge is 0.416 e. The molecule has 0 amide bonds. The first kappa shape index (κ1) is 15.9. The Labute approximate surface area is 132 Å². The van der Waals surface area contributed by atoms with Crippen LogP contribution in [0, 0.1) is 0 Å². The first-order valence-corrected chi connectivity index (χ1v) is 7.57. The van der Waals surface area contributed by atoms with Crippen LogP contribution in [0.15, 0.2) is 30.3 Å². The van der Waals surface area contributed by atoms with Gasteiger partial charge in [-0.15, -0.1) is 0 Å². The summed E-state index contributed by atoms with van der Waals surface area (Å²) >= 11 is 0. The molecule has 2 N–H and O–H groups in total. The van der Waals surface area contributed by atoms with Crippen molar-refractivity contribution in [2.24, 2.45) is 0 Å². The maximum atomic E-state index is 12.6. The lowest BCUT2D eigenvalue weighted by molar-refractivity contribution is -0.137. The van der Waals surface area contributed by atoms with Gasteiger partial charge in [-0.05, 0) is 37.2 Å². The lowest BCUT2D eigenvalue weighted by Crippen LogP contribution is -2.08. The number of alkyl halides is 3. The van der Waals surface area contributed by atoms with Crippen LogP contribution >= 0.6 is 0 Å². The first-order chi connectivity index (χ1) is 11.0. The summed E-state index contributed by atoms with van der Waals surface area (Å²) in [5, 5.41) is 10.6. The van der Waals surface area contributed by atoms with Crippen LogP contribution in [0.3, 0.4) is 0 Å². The number of rotatable bonds is 5. The van der Waals surface area contributed by atoms with Crippen molar-refractivity contribution >= 4 is 0 Å². The third-order valence-electron chi connectivity index (χ3n) is 3.93. The van der Waals surface area contributed by atoms with Gasteiger partial charge in [-0.1, -0.05) is 6.07 Å². The highest BCUT2D eigenvalue weighted by atomic mass is 19.4. The molecule has 0 radical (unpaired) electrons. The minimum Gasteiger partial charge on any atom is -0.493 e. The normalized spacial score (nSPS) is 18.3. The van der Waals surface area contributed by atoms with Crippen LogP contribution in [-0.4, -0.2) is 29.9 Å². The molecule has 2 heterocycles. The third kappa shape index (κ3) is 4.04. The molecule has 1 aromatic heterocycles. The number of nitrogens with zero attached hydrogens (tertiary/aromatic N) is 1. The molecule has 4 nitrogen and oxygen atoms in total. The van der Waals surface area contributed by atoms with Crippen LogP contribution in [0.25, 0.3) is 0 Å². The van der Waals surface area contributed by atoms with Crippen molar-refractivity contribution in [1.82, 2.24) is 15.5 Å². The Morgan fingerprint density at radius 1 is 1.26 bits per heavy atom. The molecule has 0 aliphatic carbocycles. The SMILES string of the molecule is FC(F)(F)c1cccc(OCCc2cc([C@H]3CCNC3)n[nH]2)c1. The molecule has 0 saturated carbocycles. The molecular formula is C16H18F3N3O. The predicted octanol–water partition coefficient (Wildman–Crippen LogP) is 3.13. The second-order valence-corrected chi connectivity index (χ2v) is 5.63. The zero-order chi connectivity index (χ0) is 16.3. The second kappa shape index (κ2) is 6.62. The van der Waals surface area contributed by atoms with Gasteiger partial charge in [-0.25, -0.2) is 0 Å². The maximum absolute atomic E-state index is 12.6. The van der Waals surface area contributed by atoms with Crippen molar-refractivity contribution < 1.29 is 17.9 Å². The molecule has 0 unspecified atom stereocenters. The quantitative estimate of drug-likeness (QED) is 0.888. The van der Waals surface area contributed by atoms with E-state index < -0.39 is 11.7 Å². The first-order valence-electron chi connectivity index (χ1n) is 7.57. The minimum absolute atomic E-state index is 0.222. The van der Waals surface area contributed by atoms with Crippen molar-refractivity contribution in [2.45, 2.75) is 24.9 Å². The van der Waals surface area contributed by atoms with E-state index in [0.29, 0.717) is 18.9 Å². The zero-order valence-corrected chi connectivity index (χ0v) is 12.5. The second-order valence-electron chi connectivity index (χ2n) is 5.63. The van der Waals surface area contributed by atoms with Gasteiger partial charge < -0.3 is 10.1 Å². The Balaban J connectivity index is 1.53. The van der Waals surface area contributed by atoms with E-state index in [1.807, 2.05) is 6.07 Å². The molecule has 124 valence electrons. The van der Waals surface area contributed by atoms with E-state index >= 15 is 0 Å². The number of H-pyrrole nitrogens is 1. The van der Waals surface area contributed by atoms with E-state index in [1.54, 1.807) is 0 Å². The summed E-state index contributed by atoms with van der Waals surface area (Å²) in [5.74, 6) is 0.656. The van der Waals surface area contributed by atoms with Crippen molar-refractivity contribution in [2.75, 3.05) is 19.7 Å². The molecule has 1 aliphatic heterocycles. The molecule has 0 spiro atoms. The summed E-state index contributed by atoms with van der Waals surface area (Å²) in [6.07, 6.45) is -2.71. The highest BCUT2D eigenvalue weighted by Gasteiger charge is 2.30. The Morgan fingerprint density at radius 2 is 2.13 bits per heavy atom. The Hall–Kier alpha value is -2.02. The van der Waals surface area contributed by atoms with E-state index in [2.05, 4.69) is 15.5 Å². The number of aromatic amines is 1. The van der Waals surface area contributed by atoms with Gasteiger partial charge in [0.15, 0.2) is 0 Å². The summed E-state index contributed by atoms with van der Waals surface area (Å²) in [7, 11) is 0. The summed E-state index contributed by atoms with van der Waals surface area (Å²) in [6.45, 7) is 2.24. The van der Waals surface area contributed by atoms with Crippen molar-refractivity contribution in [3.05, 3.63) is 47.3 Å². The van der Waals surface area contributed by atoms with Gasteiger partial charge in [-0.3, -0.25) is 5.10 Å². The lowest BCUT2D eigenvalue weighted by Gasteiger charge is -2.09. The van der Waals surface area contributed by atoms with Gasteiger partial charge in [0.2, 0.25) is 0 Å². The van der Waals surface area contributed by atoms with Gasteiger partial charge in [0.25, 0.3) is 0 Å². The van der Waals surface area contributed by atoms with Crippen LogP contribution in [-0.2, 0) is 12.6 Å². The average Bonchev–Trinajstić information content (AvgIpc) is 3.18. The molecule has 3 rings (SSSR count). The highest BCUT2D eigenvalue weighted by molar-refractivity contribution is 5.30. The molecule has 1 saturated heterocycles. The summed E-state index contributed by atoms with van der Waals surface area (Å²) < 4.78 is 43.3. The van der Waals surface area contributed by atoms with E-state index in [4.69, 9.17) is 4.74 Å². The molecule has 7 heteroatoms. The van der Waals surface area contributed by atoms with Crippen molar-refractivity contribution in [3.63, 3.8) is 0 Å². The standard InChI is InChI=1S/C16H18F3N3O/c17-16(18,19)12-2-1-3-14(8-12)23-7-5-13-9-15(22-21-13)11-4-6-20-10-11/h1-3,8-9,11,20H,4-7,10H2,(H,21,22)/t11-/m0/s1. The van der Waals surface area contributed by atoms with Crippen molar-refractivity contribution in [1.29, 1.82) is 0 Å². The molecular weight excluding hydrogens is 307 g/mol. The van der Waals surface area contributed by atoms with Crippen LogP contribution in [0.5, 0.6) is 5.75 Å². The predicted molar refractivity (Wildman–Crippen MR) is 79.5 cm³/mol. The Kier molecular flexibility index (Phi) is 4.56. The average molecular weight is 325 g/mol. The molecule has 0 bridgehead atoms. The minimum atomic E-state index is -4.35. The van der Waals surface area contributed by atoms with E-state index in [-0.39, 0.29) is 5.75 Å². The summed E-state index contributed by atoms with van der Waals surface area (Å²) in [6, 6.07) is 6.93. The molecule has 1 fully saturated rings. The van der Waals surface area contributed by atoms with Gasteiger partial charge in [-0.2, -0.15) is 18.3 Å². The molecule has 23 heavy (non-hydrogen) atoms. The monoisotopic (exact) mass is 325 g/mol. The molecule has 1 atom stereocenters. The lowest BCUT2D eigenvalue weighted by atomic mass is 10.0. The fourth-order valence-electron chi connectivity index (χ4n) is 2.66. The number of benzene rings is 1. The van der Waals surface area contributed by atoms with Gasteiger partial charge in [0.05, 0.1) is 17.9 Å². The zero-order valence-electron chi connectivity index (χ0n) is 12.5.